The van der Waals surface area contributed by atoms with Crippen LogP contribution in [0.5, 0.6) is 5.75 Å². The molecule has 0 amide bonds. The van der Waals surface area contributed by atoms with Gasteiger partial charge >= 0.3 is 6.18 Å². The van der Waals surface area contributed by atoms with E-state index in [1.807, 2.05) is 36.9 Å². The fourth-order valence-corrected chi connectivity index (χ4v) is 5.41. The van der Waals surface area contributed by atoms with E-state index in [-0.39, 0.29) is 26.2 Å². The normalized spacial score (nSPS) is 17.3. The minimum absolute atomic E-state index is 0.0407. The number of alkyl halides is 3. The summed E-state index contributed by atoms with van der Waals surface area (Å²) in [5.41, 5.74) is 0.770. The van der Waals surface area contributed by atoms with Crippen molar-refractivity contribution in [1.82, 2.24) is 9.21 Å². The molecule has 1 N–H and O–H groups in total. The molecule has 32 heavy (non-hydrogen) atoms. The maximum absolute atomic E-state index is 13.3. The van der Waals surface area contributed by atoms with Crippen LogP contribution < -0.4 is 4.74 Å². The molecule has 1 atom stereocenters. The van der Waals surface area contributed by atoms with E-state index in [1.54, 1.807) is 0 Å². The number of para-hydroxylation sites is 1. The molecule has 2 aromatic rings. The molecule has 1 saturated heterocycles. The molecule has 3 rings (SSSR count). The Bertz CT molecular complexity index is 1020. The Hall–Kier alpha value is -2.14. The number of sulfonamides is 1. The fraction of sp³-hybridized carbons (Fsp3) is 0.455. The molecule has 0 aromatic heterocycles. The molecule has 6 nitrogen and oxygen atoms in total. The van der Waals surface area contributed by atoms with Crippen LogP contribution in [-0.4, -0.2) is 68.2 Å². The molecule has 176 valence electrons. The number of piperazine rings is 1. The van der Waals surface area contributed by atoms with E-state index in [2.05, 4.69) is 0 Å². The molecule has 1 heterocycles. The van der Waals surface area contributed by atoms with Crippen LogP contribution in [0.1, 0.15) is 16.7 Å². The molecule has 1 aliphatic heterocycles. The quantitative estimate of drug-likeness (QED) is 0.671. The second-order valence-corrected chi connectivity index (χ2v) is 9.79. The highest BCUT2D eigenvalue weighted by atomic mass is 32.2. The zero-order chi connectivity index (χ0) is 23.5. The third-order valence-electron chi connectivity index (χ3n) is 5.44. The molecule has 1 unspecified atom stereocenters. The fourth-order valence-electron chi connectivity index (χ4n) is 3.77. The number of aryl methyl sites for hydroxylation is 2. The molecule has 1 fully saturated rings. The molecular formula is C22H27F3N2O4S. The van der Waals surface area contributed by atoms with Crippen LogP contribution in [0.2, 0.25) is 0 Å². The van der Waals surface area contributed by atoms with Crippen LogP contribution in [-0.2, 0) is 16.2 Å². The maximum Gasteiger partial charge on any atom is 0.417 e. The predicted molar refractivity (Wildman–Crippen MR) is 114 cm³/mol. The molecule has 1 aliphatic rings. The van der Waals surface area contributed by atoms with Crippen LogP contribution in [0.25, 0.3) is 0 Å². The van der Waals surface area contributed by atoms with Gasteiger partial charge in [-0.2, -0.15) is 17.5 Å². The van der Waals surface area contributed by atoms with Crippen molar-refractivity contribution in [3.05, 3.63) is 59.2 Å². The zero-order valence-electron chi connectivity index (χ0n) is 18.0. The van der Waals surface area contributed by atoms with Crippen molar-refractivity contribution in [1.29, 1.82) is 0 Å². The Morgan fingerprint density at radius 1 is 1.00 bits per heavy atom. The van der Waals surface area contributed by atoms with Crippen molar-refractivity contribution in [3.8, 4) is 5.75 Å². The van der Waals surface area contributed by atoms with Crippen molar-refractivity contribution < 1.29 is 31.4 Å². The lowest BCUT2D eigenvalue weighted by molar-refractivity contribution is -0.139. The van der Waals surface area contributed by atoms with Gasteiger partial charge in [-0.3, -0.25) is 4.90 Å². The summed E-state index contributed by atoms with van der Waals surface area (Å²) < 4.78 is 72.3. The Balaban J connectivity index is 1.57. The first-order valence-corrected chi connectivity index (χ1v) is 11.7. The van der Waals surface area contributed by atoms with Crippen molar-refractivity contribution >= 4 is 10.0 Å². The van der Waals surface area contributed by atoms with E-state index in [9.17, 15) is 26.7 Å². The Labute approximate surface area is 186 Å². The number of nitrogens with zero attached hydrogens (tertiary/aromatic N) is 2. The number of aliphatic hydroxyl groups excluding tert-OH is 1. The molecule has 10 heteroatoms. The SMILES string of the molecule is Cc1cccc(C)c1OCC(O)CN1CCN(S(=O)(=O)c2ccccc2C(F)(F)F)CC1. The second kappa shape index (κ2) is 9.78. The van der Waals surface area contributed by atoms with Gasteiger partial charge in [0.05, 0.1) is 10.5 Å². The highest BCUT2D eigenvalue weighted by molar-refractivity contribution is 7.89. The lowest BCUT2D eigenvalue weighted by Gasteiger charge is -2.35. The number of hydrogen-bond acceptors (Lipinski definition) is 5. The average molecular weight is 473 g/mol. The Morgan fingerprint density at radius 3 is 2.19 bits per heavy atom. The van der Waals surface area contributed by atoms with Crippen molar-refractivity contribution in [2.75, 3.05) is 39.3 Å². The molecule has 0 spiro atoms. The zero-order valence-corrected chi connectivity index (χ0v) is 18.8. The smallest absolute Gasteiger partial charge is 0.417 e. The summed E-state index contributed by atoms with van der Waals surface area (Å²) in [5.74, 6) is 0.728. The summed E-state index contributed by atoms with van der Waals surface area (Å²) in [7, 11) is -4.28. The Kier molecular flexibility index (Phi) is 7.49. The van der Waals surface area contributed by atoms with E-state index in [0.29, 0.717) is 13.1 Å². The minimum atomic E-state index is -4.76. The summed E-state index contributed by atoms with van der Waals surface area (Å²) >= 11 is 0. The summed E-state index contributed by atoms with van der Waals surface area (Å²) in [6.45, 7) is 4.89. The lowest BCUT2D eigenvalue weighted by atomic mass is 10.1. The van der Waals surface area contributed by atoms with Gasteiger partial charge in [0.15, 0.2) is 0 Å². The number of β-amino-alcohol motifs (C(OH)–C–C–N with tert-alkyl or cyclic N) is 1. The summed E-state index contributed by atoms with van der Waals surface area (Å²) in [5, 5.41) is 10.4. The molecule has 2 aromatic carbocycles. The van der Waals surface area contributed by atoms with Gasteiger partial charge in [0, 0.05) is 32.7 Å². The van der Waals surface area contributed by atoms with E-state index < -0.39 is 32.8 Å². The second-order valence-electron chi connectivity index (χ2n) is 7.88. The molecular weight excluding hydrogens is 445 g/mol. The van der Waals surface area contributed by atoms with Gasteiger partial charge in [0.2, 0.25) is 10.0 Å². The van der Waals surface area contributed by atoms with Crippen LogP contribution in [0.4, 0.5) is 13.2 Å². The van der Waals surface area contributed by atoms with Gasteiger partial charge in [0.1, 0.15) is 18.5 Å². The number of aliphatic hydroxyl groups is 1. The number of rotatable bonds is 7. The topological polar surface area (TPSA) is 70.1 Å². The van der Waals surface area contributed by atoms with Gasteiger partial charge in [-0.05, 0) is 37.1 Å². The Morgan fingerprint density at radius 2 is 1.59 bits per heavy atom. The first-order valence-electron chi connectivity index (χ1n) is 10.3. The average Bonchev–Trinajstić information content (AvgIpc) is 2.73. The number of halogens is 3. The molecule has 0 saturated carbocycles. The first-order chi connectivity index (χ1) is 15.0. The van der Waals surface area contributed by atoms with Gasteiger partial charge in [0.25, 0.3) is 0 Å². The number of benzene rings is 2. The number of ether oxygens (including phenoxy) is 1. The highest BCUT2D eigenvalue weighted by Crippen LogP contribution is 2.35. The van der Waals surface area contributed by atoms with E-state index in [0.717, 1.165) is 33.3 Å². The van der Waals surface area contributed by atoms with E-state index in [4.69, 9.17) is 4.74 Å². The summed E-state index contributed by atoms with van der Waals surface area (Å²) in [6, 6.07) is 9.98. The summed E-state index contributed by atoms with van der Waals surface area (Å²) in [6.07, 6.45) is -5.55. The van der Waals surface area contributed by atoms with Crippen molar-refractivity contribution in [3.63, 3.8) is 0 Å². The van der Waals surface area contributed by atoms with Crippen LogP contribution in [0.15, 0.2) is 47.4 Å². The lowest BCUT2D eigenvalue weighted by Crippen LogP contribution is -2.51. The molecule has 0 bridgehead atoms. The predicted octanol–water partition coefficient (Wildman–Crippen LogP) is 3.07. The largest absolute Gasteiger partial charge is 0.490 e. The third kappa shape index (κ3) is 5.61. The first kappa shape index (κ1) is 24.5. The van der Waals surface area contributed by atoms with Crippen LogP contribution in [0, 0.1) is 13.8 Å². The van der Waals surface area contributed by atoms with Gasteiger partial charge in [-0.1, -0.05) is 30.3 Å². The van der Waals surface area contributed by atoms with E-state index >= 15 is 0 Å². The number of hydrogen-bond donors (Lipinski definition) is 1. The molecule has 0 radical (unpaired) electrons. The standard InChI is InChI=1S/C22H27F3N2O4S/c1-16-6-5-7-17(2)21(16)31-15-18(28)14-26-10-12-27(13-11-26)32(29,30)20-9-4-3-8-19(20)22(23,24)25/h3-9,18,28H,10-15H2,1-2H3. The third-order valence-corrected chi connectivity index (χ3v) is 7.40. The van der Waals surface area contributed by atoms with Gasteiger partial charge in [-0.15, -0.1) is 0 Å². The monoisotopic (exact) mass is 472 g/mol. The van der Waals surface area contributed by atoms with Crippen LogP contribution >= 0.6 is 0 Å². The van der Waals surface area contributed by atoms with Gasteiger partial charge < -0.3 is 9.84 Å². The maximum atomic E-state index is 13.3. The van der Waals surface area contributed by atoms with Crippen molar-refractivity contribution in [2.45, 2.75) is 31.0 Å². The van der Waals surface area contributed by atoms with Gasteiger partial charge in [-0.25, -0.2) is 8.42 Å². The minimum Gasteiger partial charge on any atom is -0.490 e. The van der Waals surface area contributed by atoms with Crippen molar-refractivity contribution in [2.24, 2.45) is 0 Å². The van der Waals surface area contributed by atoms with E-state index in [1.165, 1.54) is 12.1 Å². The molecule has 0 aliphatic carbocycles. The van der Waals surface area contributed by atoms with Crippen LogP contribution in [0.3, 0.4) is 0 Å². The summed E-state index contributed by atoms with van der Waals surface area (Å²) in [4.78, 5) is 1.14. The highest BCUT2D eigenvalue weighted by Gasteiger charge is 2.39.